The number of azide groups is 1. The summed E-state index contributed by atoms with van der Waals surface area (Å²) in [5.41, 5.74) is 8.71. The quantitative estimate of drug-likeness (QED) is 0.119. The molecule has 2 atom stereocenters. The smallest absolute Gasteiger partial charge is 0.305 e. The minimum absolute atomic E-state index is 0.152. The first-order chi connectivity index (χ1) is 12.2. The SMILES string of the molecule is CCCCCCCCC(O)C(CCCCCCCC(=O)OC)N=[N+]=[N-]. The summed E-state index contributed by atoms with van der Waals surface area (Å²) in [6, 6.07) is -0.310. The van der Waals surface area contributed by atoms with Gasteiger partial charge in [0.2, 0.25) is 0 Å². The topological polar surface area (TPSA) is 95.3 Å². The van der Waals surface area contributed by atoms with E-state index in [0.717, 1.165) is 57.8 Å². The number of esters is 1. The highest BCUT2D eigenvalue weighted by molar-refractivity contribution is 5.68. The number of hydrogen-bond acceptors (Lipinski definition) is 4. The summed E-state index contributed by atoms with van der Waals surface area (Å²) in [6.45, 7) is 2.20. The maximum absolute atomic E-state index is 11.0. The van der Waals surface area contributed by atoms with Crippen LogP contribution in [0.15, 0.2) is 5.11 Å². The molecule has 0 aliphatic carbocycles. The number of aliphatic hydroxyl groups is 1. The van der Waals surface area contributed by atoms with Gasteiger partial charge in [-0.2, -0.15) is 0 Å². The Hall–Kier alpha value is -1.26. The van der Waals surface area contributed by atoms with Gasteiger partial charge in [0.05, 0.1) is 19.3 Å². The summed E-state index contributed by atoms with van der Waals surface area (Å²) in [4.78, 5) is 13.9. The number of methoxy groups -OCH3 is 1. The zero-order valence-corrected chi connectivity index (χ0v) is 16.2. The first-order valence-corrected chi connectivity index (χ1v) is 9.94. The van der Waals surface area contributed by atoms with E-state index in [0.29, 0.717) is 6.42 Å². The van der Waals surface area contributed by atoms with Crippen molar-refractivity contribution >= 4 is 5.97 Å². The van der Waals surface area contributed by atoms with Gasteiger partial charge in [0.25, 0.3) is 0 Å². The van der Waals surface area contributed by atoms with Gasteiger partial charge in [0.1, 0.15) is 0 Å². The number of carbonyl (C=O) groups is 1. The van der Waals surface area contributed by atoms with Crippen LogP contribution in [0.4, 0.5) is 0 Å². The molecule has 2 unspecified atom stereocenters. The number of aliphatic hydroxyl groups excluding tert-OH is 1. The molecular weight excluding hydrogens is 318 g/mol. The molecular formula is C19H37N3O3. The van der Waals surface area contributed by atoms with Crippen molar-refractivity contribution < 1.29 is 14.6 Å². The predicted octanol–water partition coefficient (Wildman–Crippen LogP) is 5.68. The van der Waals surface area contributed by atoms with Crippen molar-refractivity contribution in [2.75, 3.05) is 7.11 Å². The summed E-state index contributed by atoms with van der Waals surface area (Å²) in [6.07, 6.45) is 13.4. The van der Waals surface area contributed by atoms with Crippen LogP contribution in [0, 0.1) is 0 Å². The molecule has 0 aromatic rings. The number of nitrogens with zero attached hydrogens (tertiary/aromatic N) is 3. The van der Waals surface area contributed by atoms with Gasteiger partial charge in [-0.3, -0.25) is 4.79 Å². The Morgan fingerprint density at radius 2 is 1.56 bits per heavy atom. The van der Waals surface area contributed by atoms with Crippen molar-refractivity contribution in [1.29, 1.82) is 0 Å². The lowest BCUT2D eigenvalue weighted by Crippen LogP contribution is -2.23. The number of ether oxygens (including phenoxy) is 1. The molecule has 6 heteroatoms. The van der Waals surface area contributed by atoms with E-state index < -0.39 is 6.10 Å². The van der Waals surface area contributed by atoms with Gasteiger partial charge in [-0.15, -0.1) is 0 Å². The molecule has 25 heavy (non-hydrogen) atoms. The van der Waals surface area contributed by atoms with Crippen LogP contribution in [0.25, 0.3) is 10.4 Å². The Kier molecular flexibility index (Phi) is 16.7. The van der Waals surface area contributed by atoms with Gasteiger partial charge in [0.15, 0.2) is 0 Å². The normalized spacial score (nSPS) is 13.1. The van der Waals surface area contributed by atoms with E-state index in [1.807, 2.05) is 0 Å². The molecule has 0 amide bonds. The van der Waals surface area contributed by atoms with Crippen LogP contribution < -0.4 is 0 Å². The molecule has 0 heterocycles. The molecule has 6 nitrogen and oxygen atoms in total. The van der Waals surface area contributed by atoms with Crippen LogP contribution in [0.1, 0.15) is 96.8 Å². The zero-order valence-electron chi connectivity index (χ0n) is 16.2. The van der Waals surface area contributed by atoms with Crippen molar-refractivity contribution in [3.05, 3.63) is 10.4 Å². The van der Waals surface area contributed by atoms with E-state index >= 15 is 0 Å². The van der Waals surface area contributed by atoms with Gasteiger partial charge in [-0.05, 0) is 24.8 Å². The maximum Gasteiger partial charge on any atom is 0.305 e. The maximum atomic E-state index is 11.0. The lowest BCUT2D eigenvalue weighted by Gasteiger charge is -2.18. The highest BCUT2D eigenvalue weighted by atomic mass is 16.5. The Morgan fingerprint density at radius 1 is 1.00 bits per heavy atom. The number of carbonyl (C=O) groups excluding carboxylic acids is 1. The molecule has 0 aromatic carbocycles. The highest BCUT2D eigenvalue weighted by Gasteiger charge is 2.17. The first-order valence-electron chi connectivity index (χ1n) is 9.94. The summed E-state index contributed by atoms with van der Waals surface area (Å²) in [7, 11) is 1.41. The summed E-state index contributed by atoms with van der Waals surface area (Å²) >= 11 is 0. The van der Waals surface area contributed by atoms with Crippen molar-refractivity contribution in [3.8, 4) is 0 Å². The standard InChI is InChI=1S/C19H37N3O3/c1-3-4-5-6-9-12-15-18(23)17(21-22-20)14-11-8-7-10-13-16-19(24)25-2/h17-18,23H,3-16H2,1-2H3. The predicted molar refractivity (Wildman–Crippen MR) is 101 cm³/mol. The summed E-state index contributed by atoms with van der Waals surface area (Å²) in [5, 5.41) is 14.0. The summed E-state index contributed by atoms with van der Waals surface area (Å²) < 4.78 is 4.61. The molecule has 0 aliphatic heterocycles. The third-order valence-electron chi connectivity index (χ3n) is 4.61. The lowest BCUT2D eigenvalue weighted by atomic mass is 9.98. The van der Waals surface area contributed by atoms with Crippen LogP contribution in [0.5, 0.6) is 0 Å². The Balaban J connectivity index is 3.78. The molecule has 0 radical (unpaired) electrons. The first kappa shape index (κ1) is 23.7. The molecule has 0 bridgehead atoms. The van der Waals surface area contributed by atoms with Crippen LogP contribution in [0.2, 0.25) is 0 Å². The summed E-state index contributed by atoms with van der Waals surface area (Å²) in [5.74, 6) is -0.152. The second-order valence-electron chi connectivity index (χ2n) is 6.78. The van der Waals surface area contributed by atoms with Crippen LogP contribution in [0.3, 0.4) is 0 Å². The minimum Gasteiger partial charge on any atom is -0.469 e. The second-order valence-corrected chi connectivity index (χ2v) is 6.78. The van der Waals surface area contributed by atoms with Crippen molar-refractivity contribution in [2.24, 2.45) is 5.11 Å². The Morgan fingerprint density at radius 3 is 2.16 bits per heavy atom. The molecule has 0 spiro atoms. The van der Waals surface area contributed by atoms with Crippen molar-refractivity contribution in [2.45, 2.75) is 109 Å². The molecule has 1 N–H and O–H groups in total. The molecule has 0 aromatic heterocycles. The fourth-order valence-electron chi connectivity index (χ4n) is 2.97. The van der Waals surface area contributed by atoms with Gasteiger partial charge in [-0.1, -0.05) is 76.2 Å². The minimum atomic E-state index is -0.526. The van der Waals surface area contributed by atoms with E-state index in [9.17, 15) is 9.90 Å². The van der Waals surface area contributed by atoms with Crippen molar-refractivity contribution in [3.63, 3.8) is 0 Å². The Labute approximate surface area is 153 Å². The Bertz CT molecular complexity index is 371. The van der Waals surface area contributed by atoms with E-state index in [4.69, 9.17) is 5.53 Å². The van der Waals surface area contributed by atoms with Gasteiger partial charge in [-0.25, -0.2) is 0 Å². The molecule has 146 valence electrons. The van der Waals surface area contributed by atoms with E-state index in [1.165, 1.54) is 32.8 Å². The number of hydrogen-bond donors (Lipinski definition) is 1. The van der Waals surface area contributed by atoms with E-state index in [2.05, 4.69) is 21.7 Å². The van der Waals surface area contributed by atoms with Crippen LogP contribution in [-0.2, 0) is 9.53 Å². The molecule has 0 saturated carbocycles. The fraction of sp³-hybridized carbons (Fsp3) is 0.947. The average Bonchev–Trinajstić information content (AvgIpc) is 2.62. The largest absolute Gasteiger partial charge is 0.469 e. The number of unbranched alkanes of at least 4 members (excludes halogenated alkanes) is 9. The second kappa shape index (κ2) is 17.6. The van der Waals surface area contributed by atoms with Gasteiger partial charge in [0, 0.05) is 11.3 Å². The third kappa shape index (κ3) is 14.8. The lowest BCUT2D eigenvalue weighted by molar-refractivity contribution is -0.140. The molecule has 0 fully saturated rings. The highest BCUT2D eigenvalue weighted by Crippen LogP contribution is 2.17. The van der Waals surface area contributed by atoms with Crippen molar-refractivity contribution in [1.82, 2.24) is 0 Å². The number of rotatable bonds is 17. The monoisotopic (exact) mass is 355 g/mol. The molecule has 0 saturated heterocycles. The molecule has 0 aliphatic rings. The van der Waals surface area contributed by atoms with Crippen LogP contribution in [-0.4, -0.2) is 30.3 Å². The van der Waals surface area contributed by atoms with Crippen LogP contribution >= 0.6 is 0 Å². The third-order valence-corrected chi connectivity index (χ3v) is 4.61. The average molecular weight is 356 g/mol. The fourth-order valence-corrected chi connectivity index (χ4v) is 2.97. The molecule has 0 rings (SSSR count). The zero-order chi connectivity index (χ0) is 18.8. The van der Waals surface area contributed by atoms with Gasteiger partial charge < -0.3 is 9.84 Å². The van der Waals surface area contributed by atoms with E-state index in [1.54, 1.807) is 0 Å². The van der Waals surface area contributed by atoms with E-state index in [-0.39, 0.29) is 12.0 Å². The van der Waals surface area contributed by atoms with Gasteiger partial charge >= 0.3 is 5.97 Å².